The molecule has 2 aromatic heterocycles. The third-order valence-electron chi connectivity index (χ3n) is 5.27. The number of rotatable bonds is 5. The third-order valence-corrected chi connectivity index (χ3v) is 6.06. The molecule has 0 saturated carbocycles. The van der Waals surface area contributed by atoms with Crippen molar-refractivity contribution in [3.8, 4) is 0 Å². The van der Waals surface area contributed by atoms with E-state index >= 15 is 0 Å². The van der Waals surface area contributed by atoms with Gasteiger partial charge in [-0.15, -0.1) is 11.3 Å². The summed E-state index contributed by atoms with van der Waals surface area (Å²) in [6, 6.07) is 17.2. The Morgan fingerprint density at radius 2 is 1.93 bits per heavy atom. The fraction of sp³-hybridized carbons (Fsp3) is 0.208. The van der Waals surface area contributed by atoms with Crippen molar-refractivity contribution in [2.24, 2.45) is 0 Å². The molecule has 2 aromatic carbocycles. The van der Waals surface area contributed by atoms with Gasteiger partial charge in [-0.1, -0.05) is 36.4 Å². The van der Waals surface area contributed by atoms with E-state index in [-0.39, 0.29) is 0 Å². The first-order valence-corrected chi connectivity index (χ1v) is 10.8. The van der Waals surface area contributed by atoms with E-state index in [4.69, 9.17) is 4.98 Å². The highest BCUT2D eigenvalue weighted by molar-refractivity contribution is 7.16. The van der Waals surface area contributed by atoms with Crippen LogP contribution in [0, 0.1) is 0 Å². The SMILES string of the molecule is C1=C(c2cccc(Cc3nccc(Cc4ccc5ncsc5c4)n3)c2)CCNC1. The molecule has 0 bridgehead atoms. The van der Waals surface area contributed by atoms with Gasteiger partial charge in [0, 0.05) is 31.3 Å². The molecule has 0 atom stereocenters. The lowest BCUT2D eigenvalue weighted by molar-refractivity contribution is 0.738. The first kappa shape index (κ1) is 18.2. The summed E-state index contributed by atoms with van der Waals surface area (Å²) in [5, 5.41) is 3.37. The second kappa shape index (κ2) is 8.23. The number of aromatic nitrogens is 3. The molecule has 0 aliphatic carbocycles. The van der Waals surface area contributed by atoms with Gasteiger partial charge >= 0.3 is 0 Å². The van der Waals surface area contributed by atoms with Gasteiger partial charge in [-0.25, -0.2) is 15.0 Å². The van der Waals surface area contributed by atoms with E-state index in [1.807, 2.05) is 17.8 Å². The molecule has 0 spiro atoms. The zero-order chi connectivity index (χ0) is 19.5. The molecule has 0 radical (unpaired) electrons. The summed E-state index contributed by atoms with van der Waals surface area (Å²) in [5.41, 5.74) is 9.26. The van der Waals surface area contributed by atoms with Crippen molar-refractivity contribution in [2.75, 3.05) is 13.1 Å². The maximum absolute atomic E-state index is 4.83. The Bertz CT molecular complexity index is 1180. The molecule has 4 aromatic rings. The van der Waals surface area contributed by atoms with Crippen LogP contribution in [-0.4, -0.2) is 28.0 Å². The summed E-state index contributed by atoms with van der Waals surface area (Å²) >= 11 is 1.68. The molecule has 0 amide bonds. The second-order valence-corrected chi connectivity index (χ2v) is 8.24. The molecular weight excluding hydrogens is 376 g/mol. The molecular formula is C24H22N4S. The van der Waals surface area contributed by atoms with Crippen LogP contribution < -0.4 is 5.32 Å². The Morgan fingerprint density at radius 1 is 0.966 bits per heavy atom. The van der Waals surface area contributed by atoms with Gasteiger partial charge in [-0.3, -0.25) is 0 Å². The number of thiazole rings is 1. The van der Waals surface area contributed by atoms with Gasteiger partial charge in [0.05, 0.1) is 15.7 Å². The van der Waals surface area contributed by atoms with Gasteiger partial charge in [0.2, 0.25) is 0 Å². The van der Waals surface area contributed by atoms with Crippen molar-refractivity contribution >= 4 is 27.1 Å². The minimum absolute atomic E-state index is 0.751. The Hall–Kier alpha value is -2.89. The van der Waals surface area contributed by atoms with Gasteiger partial charge in [0.1, 0.15) is 5.82 Å². The van der Waals surface area contributed by atoms with E-state index in [0.29, 0.717) is 0 Å². The third kappa shape index (κ3) is 4.26. The molecule has 0 saturated heterocycles. The van der Waals surface area contributed by atoms with Crippen molar-refractivity contribution in [3.05, 3.63) is 94.5 Å². The number of nitrogens with zero attached hydrogens (tertiary/aromatic N) is 3. The van der Waals surface area contributed by atoms with Crippen LogP contribution in [0.4, 0.5) is 0 Å². The zero-order valence-electron chi connectivity index (χ0n) is 16.1. The molecule has 144 valence electrons. The van der Waals surface area contributed by atoms with E-state index in [9.17, 15) is 0 Å². The molecule has 29 heavy (non-hydrogen) atoms. The fourth-order valence-electron chi connectivity index (χ4n) is 3.79. The van der Waals surface area contributed by atoms with Gasteiger partial charge in [0.15, 0.2) is 0 Å². The zero-order valence-corrected chi connectivity index (χ0v) is 17.0. The van der Waals surface area contributed by atoms with Crippen molar-refractivity contribution in [1.29, 1.82) is 0 Å². The average Bonchev–Trinajstić information content (AvgIpc) is 3.23. The largest absolute Gasteiger partial charge is 0.313 e. The molecule has 1 aliphatic rings. The van der Waals surface area contributed by atoms with Gasteiger partial charge < -0.3 is 5.32 Å². The Labute approximate surface area is 174 Å². The molecule has 5 heteroatoms. The molecule has 1 N–H and O–H groups in total. The number of benzene rings is 2. The predicted molar refractivity (Wildman–Crippen MR) is 119 cm³/mol. The molecule has 0 unspecified atom stereocenters. The quantitative estimate of drug-likeness (QED) is 0.532. The van der Waals surface area contributed by atoms with Crippen LogP contribution >= 0.6 is 11.3 Å². The molecule has 0 fully saturated rings. The normalized spacial score (nSPS) is 14.1. The summed E-state index contributed by atoms with van der Waals surface area (Å²) in [6.45, 7) is 2.01. The minimum Gasteiger partial charge on any atom is -0.313 e. The highest BCUT2D eigenvalue weighted by Crippen LogP contribution is 2.22. The molecule has 1 aliphatic heterocycles. The van der Waals surface area contributed by atoms with Crippen molar-refractivity contribution < 1.29 is 0 Å². The van der Waals surface area contributed by atoms with E-state index in [0.717, 1.165) is 49.4 Å². The summed E-state index contributed by atoms with van der Waals surface area (Å²) < 4.78 is 1.22. The van der Waals surface area contributed by atoms with Crippen molar-refractivity contribution in [3.63, 3.8) is 0 Å². The van der Waals surface area contributed by atoms with Crippen LogP contribution in [0.15, 0.2) is 66.3 Å². The topological polar surface area (TPSA) is 50.7 Å². The van der Waals surface area contributed by atoms with E-state index in [2.05, 4.69) is 63.8 Å². The maximum atomic E-state index is 4.83. The molecule has 5 rings (SSSR count). The van der Waals surface area contributed by atoms with Gasteiger partial charge in [-0.05, 0) is 53.4 Å². The first-order valence-electron chi connectivity index (χ1n) is 9.95. The Morgan fingerprint density at radius 3 is 2.86 bits per heavy atom. The van der Waals surface area contributed by atoms with E-state index < -0.39 is 0 Å². The highest BCUT2D eigenvalue weighted by atomic mass is 32.1. The van der Waals surface area contributed by atoms with Crippen LogP contribution in [0.5, 0.6) is 0 Å². The minimum atomic E-state index is 0.751. The summed E-state index contributed by atoms with van der Waals surface area (Å²) in [5.74, 6) is 0.873. The Kier molecular flexibility index (Phi) is 5.15. The number of hydrogen-bond donors (Lipinski definition) is 1. The Balaban J connectivity index is 1.34. The molecule has 3 heterocycles. The van der Waals surface area contributed by atoms with Crippen LogP contribution in [0.25, 0.3) is 15.8 Å². The lowest BCUT2D eigenvalue weighted by atomic mass is 9.97. The number of fused-ring (bicyclic) bond motifs is 1. The molecule has 4 nitrogen and oxygen atoms in total. The monoisotopic (exact) mass is 398 g/mol. The lowest BCUT2D eigenvalue weighted by Gasteiger charge is -2.15. The van der Waals surface area contributed by atoms with E-state index in [1.165, 1.54) is 27.0 Å². The highest BCUT2D eigenvalue weighted by Gasteiger charge is 2.08. The van der Waals surface area contributed by atoms with Gasteiger partial charge in [0.25, 0.3) is 0 Å². The van der Waals surface area contributed by atoms with Crippen LogP contribution in [-0.2, 0) is 12.8 Å². The maximum Gasteiger partial charge on any atom is 0.132 e. The summed E-state index contributed by atoms with van der Waals surface area (Å²) in [7, 11) is 0. The lowest BCUT2D eigenvalue weighted by Crippen LogP contribution is -2.20. The van der Waals surface area contributed by atoms with Crippen LogP contribution in [0.3, 0.4) is 0 Å². The first-order chi connectivity index (χ1) is 14.3. The van der Waals surface area contributed by atoms with Crippen LogP contribution in [0.1, 0.15) is 34.6 Å². The number of nitrogens with one attached hydrogen (secondary N) is 1. The smallest absolute Gasteiger partial charge is 0.132 e. The van der Waals surface area contributed by atoms with E-state index in [1.54, 1.807) is 11.3 Å². The predicted octanol–water partition coefficient (Wildman–Crippen LogP) is 4.64. The van der Waals surface area contributed by atoms with Crippen molar-refractivity contribution in [1.82, 2.24) is 20.3 Å². The standard InChI is InChI=1S/C24H22N4S/c1-2-17(12-20(3-1)19-6-9-25-10-7-19)15-24-26-11-8-21(28-24)13-18-4-5-22-23(14-18)29-16-27-22/h1-6,8,11-12,14,16,25H,7,9-10,13,15H2. The second-order valence-electron chi connectivity index (χ2n) is 7.36. The van der Waals surface area contributed by atoms with Crippen molar-refractivity contribution in [2.45, 2.75) is 19.3 Å². The fourth-order valence-corrected chi connectivity index (χ4v) is 4.53. The summed E-state index contributed by atoms with van der Waals surface area (Å²) in [4.78, 5) is 13.7. The van der Waals surface area contributed by atoms with Gasteiger partial charge in [-0.2, -0.15) is 0 Å². The average molecular weight is 399 g/mol. The summed E-state index contributed by atoms with van der Waals surface area (Å²) in [6.07, 6.45) is 6.81. The van der Waals surface area contributed by atoms with Crippen LogP contribution in [0.2, 0.25) is 0 Å². The number of hydrogen-bond acceptors (Lipinski definition) is 5.